The van der Waals surface area contributed by atoms with Gasteiger partial charge in [0.1, 0.15) is 6.10 Å². The van der Waals surface area contributed by atoms with Gasteiger partial charge in [-0.05, 0) is 18.9 Å². The molecule has 1 heterocycles. The lowest BCUT2D eigenvalue weighted by Crippen LogP contribution is -2.31. The van der Waals surface area contributed by atoms with Crippen LogP contribution in [0.4, 0.5) is 13.2 Å². The number of methoxy groups -OCH3 is 1. The van der Waals surface area contributed by atoms with E-state index in [4.69, 9.17) is 15.2 Å². The zero-order chi connectivity index (χ0) is 14.8. The average molecular weight is 290 g/mol. The van der Waals surface area contributed by atoms with E-state index < -0.39 is 17.8 Å². The average Bonchev–Trinajstić information content (AvgIpc) is 2.42. The van der Waals surface area contributed by atoms with Gasteiger partial charge in [-0.25, -0.2) is 13.2 Å². The molecule has 1 aromatic rings. The van der Waals surface area contributed by atoms with E-state index in [0.29, 0.717) is 5.56 Å². The largest absolute Gasteiger partial charge is 0.481 e. The number of alkyl halides is 2. The fraction of sp³-hybridized carbons (Fsp3) is 0.615. The van der Waals surface area contributed by atoms with Crippen LogP contribution in [0.3, 0.4) is 0 Å². The Bertz CT molecular complexity index is 473. The summed E-state index contributed by atoms with van der Waals surface area (Å²) in [7, 11) is 1.39. The summed E-state index contributed by atoms with van der Waals surface area (Å²) in [5, 5.41) is 0. The summed E-state index contributed by atoms with van der Waals surface area (Å²) in [6.45, 7) is 0.0863. The fourth-order valence-corrected chi connectivity index (χ4v) is 2.19. The van der Waals surface area contributed by atoms with Gasteiger partial charge in [-0.3, -0.25) is 0 Å². The quantitative estimate of drug-likeness (QED) is 0.926. The Morgan fingerprint density at radius 2 is 2.00 bits per heavy atom. The Labute approximate surface area is 115 Å². The zero-order valence-electron chi connectivity index (χ0n) is 11.2. The van der Waals surface area contributed by atoms with Crippen LogP contribution in [-0.4, -0.2) is 24.1 Å². The summed E-state index contributed by atoms with van der Waals surface area (Å²) >= 11 is 0. The number of halogens is 3. The Balaban J connectivity index is 2.10. The smallest absolute Gasteiger partial charge is 0.254 e. The van der Waals surface area contributed by atoms with E-state index in [0.717, 1.165) is 0 Å². The van der Waals surface area contributed by atoms with Gasteiger partial charge in [0.2, 0.25) is 11.8 Å². The van der Waals surface area contributed by atoms with E-state index in [1.165, 1.54) is 13.2 Å². The van der Waals surface area contributed by atoms with Crippen LogP contribution in [0.5, 0.6) is 11.8 Å². The van der Waals surface area contributed by atoms with Crippen molar-refractivity contribution >= 4 is 0 Å². The zero-order valence-corrected chi connectivity index (χ0v) is 11.2. The first-order valence-electron chi connectivity index (χ1n) is 6.43. The molecule has 7 heteroatoms. The summed E-state index contributed by atoms with van der Waals surface area (Å²) < 4.78 is 50.3. The topological polar surface area (TPSA) is 57.4 Å². The molecule has 0 aliphatic heterocycles. The molecule has 1 aliphatic rings. The Hall–Kier alpha value is -1.50. The first kappa shape index (κ1) is 14.9. The van der Waals surface area contributed by atoms with E-state index in [-0.39, 0.29) is 44.0 Å². The molecule has 2 rings (SSSR count). The lowest BCUT2D eigenvalue weighted by molar-refractivity contribution is -0.0593. The minimum atomic E-state index is -2.65. The highest BCUT2D eigenvalue weighted by atomic mass is 19.3. The second-order valence-electron chi connectivity index (χ2n) is 4.82. The van der Waals surface area contributed by atoms with Gasteiger partial charge in [0.05, 0.1) is 7.11 Å². The normalized spacial score (nSPS) is 18.9. The minimum Gasteiger partial charge on any atom is -0.481 e. The van der Waals surface area contributed by atoms with E-state index >= 15 is 0 Å². The molecule has 20 heavy (non-hydrogen) atoms. The predicted molar refractivity (Wildman–Crippen MR) is 66.5 cm³/mol. The summed E-state index contributed by atoms with van der Waals surface area (Å²) in [6.07, 6.45) is -0.608. The van der Waals surface area contributed by atoms with E-state index in [2.05, 4.69) is 4.98 Å². The van der Waals surface area contributed by atoms with Gasteiger partial charge in [-0.2, -0.15) is 4.98 Å². The molecule has 0 atom stereocenters. The lowest BCUT2D eigenvalue weighted by atomic mass is 9.94. The van der Waals surface area contributed by atoms with Crippen molar-refractivity contribution in [3.8, 4) is 11.8 Å². The Morgan fingerprint density at radius 3 is 2.55 bits per heavy atom. The molecule has 1 fully saturated rings. The number of nitrogens with two attached hydrogens (primary N) is 1. The first-order chi connectivity index (χ1) is 9.45. The summed E-state index contributed by atoms with van der Waals surface area (Å²) in [6, 6.07) is 1.19. The van der Waals surface area contributed by atoms with Gasteiger partial charge >= 0.3 is 0 Å². The standard InChI is InChI=1S/C13H17F3N2O2/c1-19-11-8(7-17)6-10(14)12(18-11)20-9-2-4-13(15,16)5-3-9/h6,9H,2-5,7,17H2,1H3. The van der Waals surface area contributed by atoms with E-state index in [1.54, 1.807) is 0 Å². The maximum Gasteiger partial charge on any atom is 0.254 e. The SMILES string of the molecule is COc1nc(OC2CCC(F)(F)CC2)c(F)cc1CN. The number of hydrogen-bond acceptors (Lipinski definition) is 4. The molecule has 1 aromatic heterocycles. The van der Waals surface area contributed by atoms with Gasteiger partial charge in [-0.15, -0.1) is 0 Å². The summed E-state index contributed by atoms with van der Waals surface area (Å²) in [5.41, 5.74) is 5.87. The van der Waals surface area contributed by atoms with Crippen molar-refractivity contribution in [3.05, 3.63) is 17.4 Å². The summed E-state index contributed by atoms with van der Waals surface area (Å²) in [5.74, 6) is -3.35. The van der Waals surface area contributed by atoms with Crippen LogP contribution < -0.4 is 15.2 Å². The molecular formula is C13H17F3N2O2. The molecule has 0 spiro atoms. The van der Waals surface area contributed by atoms with Gasteiger partial charge < -0.3 is 15.2 Å². The van der Waals surface area contributed by atoms with Crippen molar-refractivity contribution in [1.82, 2.24) is 4.98 Å². The lowest BCUT2D eigenvalue weighted by Gasteiger charge is -2.28. The molecule has 0 amide bonds. The number of ether oxygens (including phenoxy) is 2. The highest BCUT2D eigenvalue weighted by Crippen LogP contribution is 2.35. The molecular weight excluding hydrogens is 273 g/mol. The van der Waals surface area contributed by atoms with Gasteiger partial charge in [0.15, 0.2) is 5.82 Å². The number of rotatable bonds is 4. The molecule has 2 N–H and O–H groups in total. The number of pyridine rings is 1. The second kappa shape index (κ2) is 5.87. The molecule has 1 saturated carbocycles. The highest BCUT2D eigenvalue weighted by molar-refractivity contribution is 5.32. The maximum absolute atomic E-state index is 13.8. The molecule has 0 radical (unpaired) electrons. The number of hydrogen-bond donors (Lipinski definition) is 1. The third-order valence-electron chi connectivity index (χ3n) is 3.34. The van der Waals surface area contributed by atoms with E-state index in [9.17, 15) is 13.2 Å². The number of aromatic nitrogens is 1. The Kier molecular flexibility index (Phi) is 4.37. The van der Waals surface area contributed by atoms with Crippen molar-refractivity contribution in [2.24, 2.45) is 5.73 Å². The molecule has 0 aromatic carbocycles. The van der Waals surface area contributed by atoms with Crippen molar-refractivity contribution in [2.75, 3.05) is 7.11 Å². The molecule has 0 saturated heterocycles. The van der Waals surface area contributed by atoms with Crippen LogP contribution in [0.15, 0.2) is 6.07 Å². The van der Waals surface area contributed by atoms with Crippen LogP contribution in [0, 0.1) is 5.82 Å². The minimum absolute atomic E-state index is 0.0863. The van der Waals surface area contributed by atoms with Crippen molar-refractivity contribution in [2.45, 2.75) is 44.3 Å². The number of nitrogens with zero attached hydrogens (tertiary/aromatic N) is 1. The van der Waals surface area contributed by atoms with Gasteiger partial charge in [0.25, 0.3) is 5.88 Å². The van der Waals surface area contributed by atoms with Gasteiger partial charge in [0, 0.05) is 24.9 Å². The molecule has 0 bridgehead atoms. The fourth-order valence-electron chi connectivity index (χ4n) is 2.19. The first-order valence-corrected chi connectivity index (χ1v) is 6.43. The molecule has 1 aliphatic carbocycles. The second-order valence-corrected chi connectivity index (χ2v) is 4.82. The van der Waals surface area contributed by atoms with Crippen molar-refractivity contribution < 1.29 is 22.6 Å². The maximum atomic E-state index is 13.8. The van der Waals surface area contributed by atoms with Crippen LogP contribution in [-0.2, 0) is 6.54 Å². The van der Waals surface area contributed by atoms with Crippen molar-refractivity contribution in [1.29, 1.82) is 0 Å². The third kappa shape index (κ3) is 3.33. The predicted octanol–water partition coefficient (Wildman–Crippen LogP) is 2.64. The molecule has 4 nitrogen and oxygen atoms in total. The van der Waals surface area contributed by atoms with Crippen LogP contribution in [0.1, 0.15) is 31.2 Å². The van der Waals surface area contributed by atoms with Gasteiger partial charge in [-0.1, -0.05) is 0 Å². The van der Waals surface area contributed by atoms with Crippen LogP contribution in [0.25, 0.3) is 0 Å². The molecule has 0 unspecified atom stereocenters. The third-order valence-corrected chi connectivity index (χ3v) is 3.34. The Morgan fingerprint density at radius 1 is 1.35 bits per heavy atom. The van der Waals surface area contributed by atoms with Crippen molar-refractivity contribution in [3.63, 3.8) is 0 Å². The van der Waals surface area contributed by atoms with Crippen LogP contribution in [0.2, 0.25) is 0 Å². The van der Waals surface area contributed by atoms with Crippen LogP contribution >= 0.6 is 0 Å². The highest BCUT2D eigenvalue weighted by Gasteiger charge is 2.36. The summed E-state index contributed by atoms with van der Waals surface area (Å²) in [4.78, 5) is 3.91. The molecule has 112 valence electrons. The monoisotopic (exact) mass is 290 g/mol. The van der Waals surface area contributed by atoms with E-state index in [1.807, 2.05) is 0 Å².